The predicted molar refractivity (Wildman–Crippen MR) is 76.8 cm³/mol. The van der Waals surface area contributed by atoms with Gasteiger partial charge in [-0.25, -0.2) is 9.97 Å². The summed E-state index contributed by atoms with van der Waals surface area (Å²) >= 11 is 0. The van der Waals surface area contributed by atoms with E-state index in [1.54, 1.807) is 0 Å². The molecule has 1 rings (SSSR count). The van der Waals surface area contributed by atoms with Crippen molar-refractivity contribution in [3.8, 4) is 0 Å². The first-order valence-corrected chi connectivity index (χ1v) is 7.07. The summed E-state index contributed by atoms with van der Waals surface area (Å²) in [5, 5.41) is 0. The molecule has 1 heterocycles. The van der Waals surface area contributed by atoms with E-state index in [1.165, 1.54) is 25.7 Å². The molecule has 0 saturated carbocycles. The lowest BCUT2D eigenvalue weighted by molar-refractivity contribution is 0.662. The molecular formula is C14H26N4. The minimum atomic E-state index is 0.651. The molecule has 4 nitrogen and oxygen atoms in total. The van der Waals surface area contributed by atoms with E-state index in [4.69, 9.17) is 5.73 Å². The second kappa shape index (κ2) is 8.86. The third-order valence-corrected chi connectivity index (χ3v) is 2.97. The fourth-order valence-corrected chi connectivity index (χ4v) is 1.82. The molecule has 0 saturated heterocycles. The molecule has 0 aliphatic carbocycles. The van der Waals surface area contributed by atoms with E-state index in [0.29, 0.717) is 6.54 Å². The fraction of sp³-hybridized carbons (Fsp3) is 0.714. The first kappa shape index (κ1) is 14.9. The van der Waals surface area contributed by atoms with Gasteiger partial charge in [-0.15, -0.1) is 0 Å². The molecular weight excluding hydrogens is 224 g/mol. The van der Waals surface area contributed by atoms with Crippen LogP contribution in [0.1, 0.15) is 45.1 Å². The predicted octanol–water partition coefficient (Wildman–Crippen LogP) is 2.38. The quantitative estimate of drug-likeness (QED) is 0.731. The summed E-state index contributed by atoms with van der Waals surface area (Å²) in [5.41, 5.74) is 6.64. The van der Waals surface area contributed by atoms with Gasteiger partial charge in [0.2, 0.25) is 5.95 Å². The number of hydrogen-bond donors (Lipinski definition) is 1. The molecule has 0 aliphatic rings. The average Bonchev–Trinajstić information content (AvgIpc) is 2.41. The van der Waals surface area contributed by atoms with Crippen molar-refractivity contribution in [3.63, 3.8) is 0 Å². The van der Waals surface area contributed by atoms with Gasteiger partial charge in [0.25, 0.3) is 0 Å². The summed E-state index contributed by atoms with van der Waals surface area (Å²) in [7, 11) is 0. The first-order chi connectivity index (χ1) is 8.81. The molecule has 0 fully saturated rings. The molecule has 1 aromatic rings. The van der Waals surface area contributed by atoms with Gasteiger partial charge in [0.05, 0.1) is 0 Å². The number of anilines is 1. The SMILES string of the molecule is CCCCN(CCCC)c1ncc(CCN)cn1. The van der Waals surface area contributed by atoms with Crippen molar-refractivity contribution in [1.29, 1.82) is 0 Å². The third-order valence-electron chi connectivity index (χ3n) is 2.97. The molecule has 0 spiro atoms. The van der Waals surface area contributed by atoms with Gasteiger partial charge in [0.15, 0.2) is 0 Å². The summed E-state index contributed by atoms with van der Waals surface area (Å²) in [6.07, 6.45) is 9.45. The Kier molecular flexibility index (Phi) is 7.34. The Morgan fingerprint density at radius 3 is 2.06 bits per heavy atom. The highest BCUT2D eigenvalue weighted by Crippen LogP contribution is 2.10. The molecule has 0 radical (unpaired) electrons. The highest BCUT2D eigenvalue weighted by atomic mass is 15.2. The molecule has 2 N–H and O–H groups in total. The van der Waals surface area contributed by atoms with Gasteiger partial charge in [-0.1, -0.05) is 26.7 Å². The van der Waals surface area contributed by atoms with E-state index >= 15 is 0 Å². The van der Waals surface area contributed by atoms with Crippen LogP contribution in [-0.2, 0) is 6.42 Å². The van der Waals surface area contributed by atoms with Crippen molar-refractivity contribution in [2.45, 2.75) is 46.0 Å². The summed E-state index contributed by atoms with van der Waals surface area (Å²) in [6, 6.07) is 0. The molecule has 18 heavy (non-hydrogen) atoms. The van der Waals surface area contributed by atoms with Crippen molar-refractivity contribution in [2.24, 2.45) is 5.73 Å². The van der Waals surface area contributed by atoms with Crippen molar-refractivity contribution >= 4 is 5.95 Å². The normalized spacial score (nSPS) is 10.6. The topological polar surface area (TPSA) is 55.0 Å². The summed E-state index contributed by atoms with van der Waals surface area (Å²) in [6.45, 7) is 7.17. The fourth-order valence-electron chi connectivity index (χ4n) is 1.82. The minimum absolute atomic E-state index is 0.651. The zero-order valence-corrected chi connectivity index (χ0v) is 11.7. The Labute approximate surface area is 111 Å². The van der Waals surface area contributed by atoms with Gasteiger partial charge >= 0.3 is 0 Å². The Hall–Kier alpha value is -1.16. The zero-order valence-electron chi connectivity index (χ0n) is 11.7. The summed E-state index contributed by atoms with van der Waals surface area (Å²) in [5.74, 6) is 0.859. The van der Waals surface area contributed by atoms with E-state index in [0.717, 1.165) is 31.0 Å². The molecule has 1 aromatic heterocycles. The maximum absolute atomic E-state index is 5.52. The van der Waals surface area contributed by atoms with Gasteiger partial charge < -0.3 is 10.6 Å². The number of hydrogen-bond acceptors (Lipinski definition) is 4. The van der Waals surface area contributed by atoms with Crippen molar-refractivity contribution in [2.75, 3.05) is 24.5 Å². The number of nitrogens with zero attached hydrogens (tertiary/aromatic N) is 3. The van der Waals surface area contributed by atoms with Crippen LogP contribution in [0.2, 0.25) is 0 Å². The Morgan fingerprint density at radius 1 is 1.06 bits per heavy atom. The Balaban J connectivity index is 2.64. The highest BCUT2D eigenvalue weighted by molar-refractivity contribution is 5.29. The highest BCUT2D eigenvalue weighted by Gasteiger charge is 2.08. The average molecular weight is 250 g/mol. The van der Waals surface area contributed by atoms with Gasteiger partial charge in [-0.2, -0.15) is 0 Å². The van der Waals surface area contributed by atoms with Crippen LogP contribution < -0.4 is 10.6 Å². The van der Waals surface area contributed by atoms with E-state index in [-0.39, 0.29) is 0 Å². The van der Waals surface area contributed by atoms with Crippen LogP contribution in [0.4, 0.5) is 5.95 Å². The van der Waals surface area contributed by atoms with Crippen molar-refractivity contribution < 1.29 is 0 Å². The summed E-state index contributed by atoms with van der Waals surface area (Å²) < 4.78 is 0. The molecule has 0 unspecified atom stereocenters. The lowest BCUT2D eigenvalue weighted by atomic mass is 10.2. The second-order valence-electron chi connectivity index (χ2n) is 4.62. The van der Waals surface area contributed by atoms with Crippen LogP contribution >= 0.6 is 0 Å². The maximum atomic E-state index is 5.52. The monoisotopic (exact) mass is 250 g/mol. The van der Waals surface area contributed by atoms with Gasteiger partial charge in [-0.3, -0.25) is 0 Å². The maximum Gasteiger partial charge on any atom is 0.225 e. The molecule has 0 atom stereocenters. The van der Waals surface area contributed by atoms with Gasteiger partial charge in [0.1, 0.15) is 0 Å². The minimum Gasteiger partial charge on any atom is -0.341 e. The Morgan fingerprint density at radius 2 is 1.61 bits per heavy atom. The number of nitrogens with two attached hydrogens (primary N) is 1. The molecule has 0 aromatic carbocycles. The molecule has 102 valence electrons. The zero-order chi connectivity index (χ0) is 13.2. The largest absolute Gasteiger partial charge is 0.341 e. The third kappa shape index (κ3) is 5.00. The van der Waals surface area contributed by atoms with Crippen LogP contribution in [0, 0.1) is 0 Å². The lowest BCUT2D eigenvalue weighted by Gasteiger charge is -2.22. The van der Waals surface area contributed by atoms with E-state index in [1.807, 2.05) is 12.4 Å². The number of unbranched alkanes of at least 4 members (excludes halogenated alkanes) is 2. The summed E-state index contributed by atoms with van der Waals surface area (Å²) in [4.78, 5) is 11.2. The van der Waals surface area contributed by atoms with Crippen LogP contribution in [0.25, 0.3) is 0 Å². The van der Waals surface area contributed by atoms with E-state index < -0.39 is 0 Å². The van der Waals surface area contributed by atoms with Crippen molar-refractivity contribution in [1.82, 2.24) is 9.97 Å². The van der Waals surface area contributed by atoms with E-state index in [9.17, 15) is 0 Å². The molecule has 0 aliphatic heterocycles. The van der Waals surface area contributed by atoms with Crippen LogP contribution in [0.3, 0.4) is 0 Å². The smallest absolute Gasteiger partial charge is 0.225 e. The molecule has 0 amide bonds. The standard InChI is InChI=1S/C14H26N4/c1-3-5-9-18(10-6-4-2)14-16-11-13(7-8-15)12-17-14/h11-12H,3-10,15H2,1-2H3. The number of aromatic nitrogens is 2. The van der Waals surface area contributed by atoms with Crippen molar-refractivity contribution in [3.05, 3.63) is 18.0 Å². The number of rotatable bonds is 9. The van der Waals surface area contributed by atoms with Crippen LogP contribution in [-0.4, -0.2) is 29.6 Å². The lowest BCUT2D eigenvalue weighted by Crippen LogP contribution is -2.27. The molecule has 0 bridgehead atoms. The van der Waals surface area contributed by atoms with Gasteiger partial charge in [0, 0.05) is 25.5 Å². The molecule has 4 heteroatoms. The first-order valence-electron chi connectivity index (χ1n) is 7.07. The van der Waals surface area contributed by atoms with E-state index in [2.05, 4.69) is 28.7 Å². The van der Waals surface area contributed by atoms with Gasteiger partial charge in [-0.05, 0) is 31.4 Å². The Bertz CT molecular complexity index is 302. The van der Waals surface area contributed by atoms with Crippen LogP contribution in [0.15, 0.2) is 12.4 Å². The second-order valence-corrected chi connectivity index (χ2v) is 4.62. The van der Waals surface area contributed by atoms with Crippen LogP contribution in [0.5, 0.6) is 0 Å².